The molecule has 1 aromatic heterocycles. The first-order valence-electron chi connectivity index (χ1n) is 6.56. The van der Waals surface area contributed by atoms with Crippen LogP contribution in [0.4, 0.5) is 5.69 Å². The SMILES string of the molecule is C#CCN(CC1CC1)c1ccc(C(C)NC)nc1. The third kappa shape index (κ3) is 3.24. The van der Waals surface area contributed by atoms with Gasteiger partial charge in [-0.2, -0.15) is 0 Å². The number of hydrogen-bond acceptors (Lipinski definition) is 3. The summed E-state index contributed by atoms with van der Waals surface area (Å²) < 4.78 is 0. The molecule has 0 aromatic carbocycles. The second-order valence-electron chi connectivity index (χ2n) is 4.98. The van der Waals surface area contributed by atoms with Gasteiger partial charge in [0, 0.05) is 12.6 Å². The molecule has 18 heavy (non-hydrogen) atoms. The smallest absolute Gasteiger partial charge is 0.0792 e. The van der Waals surface area contributed by atoms with E-state index in [1.165, 1.54) is 12.8 Å². The Balaban J connectivity index is 2.07. The lowest BCUT2D eigenvalue weighted by molar-refractivity contribution is 0.632. The third-order valence-electron chi connectivity index (χ3n) is 3.47. The van der Waals surface area contributed by atoms with Crippen LogP contribution in [0.5, 0.6) is 0 Å². The van der Waals surface area contributed by atoms with Crippen LogP contribution in [0.25, 0.3) is 0 Å². The average Bonchev–Trinajstić information content (AvgIpc) is 3.21. The molecule has 0 radical (unpaired) electrons. The zero-order valence-corrected chi connectivity index (χ0v) is 11.2. The Hall–Kier alpha value is -1.53. The van der Waals surface area contributed by atoms with Crippen LogP contribution in [0.1, 0.15) is 31.5 Å². The van der Waals surface area contributed by atoms with Gasteiger partial charge in [-0.25, -0.2) is 0 Å². The standard InChI is InChI=1S/C15H21N3/c1-4-9-18(11-13-5-6-13)14-7-8-15(17-10-14)12(2)16-3/h1,7-8,10,12-13,16H,5-6,9,11H2,2-3H3. The minimum atomic E-state index is 0.281. The van der Waals surface area contributed by atoms with E-state index in [-0.39, 0.29) is 6.04 Å². The number of aromatic nitrogens is 1. The molecular formula is C15H21N3. The maximum absolute atomic E-state index is 5.44. The number of rotatable bonds is 6. The zero-order valence-electron chi connectivity index (χ0n) is 11.2. The van der Waals surface area contributed by atoms with Crippen molar-refractivity contribution in [2.45, 2.75) is 25.8 Å². The fourth-order valence-corrected chi connectivity index (χ4v) is 1.97. The van der Waals surface area contributed by atoms with Crippen LogP contribution < -0.4 is 10.2 Å². The van der Waals surface area contributed by atoms with Crippen molar-refractivity contribution in [2.75, 3.05) is 25.0 Å². The van der Waals surface area contributed by atoms with Crippen molar-refractivity contribution in [1.82, 2.24) is 10.3 Å². The molecule has 3 heteroatoms. The summed E-state index contributed by atoms with van der Waals surface area (Å²) in [7, 11) is 1.94. The molecule has 1 aromatic rings. The van der Waals surface area contributed by atoms with E-state index in [1.807, 2.05) is 13.2 Å². The molecule has 0 spiro atoms. The lowest BCUT2D eigenvalue weighted by Gasteiger charge is -2.22. The molecule has 96 valence electrons. The quantitative estimate of drug-likeness (QED) is 0.776. The molecule has 1 saturated carbocycles. The zero-order chi connectivity index (χ0) is 13.0. The molecular weight excluding hydrogens is 222 g/mol. The Morgan fingerprint density at radius 3 is 2.83 bits per heavy atom. The maximum atomic E-state index is 5.44. The summed E-state index contributed by atoms with van der Waals surface area (Å²) in [4.78, 5) is 6.76. The molecule has 0 aliphatic heterocycles. The van der Waals surface area contributed by atoms with Gasteiger partial charge in [0.2, 0.25) is 0 Å². The lowest BCUT2D eigenvalue weighted by Crippen LogP contribution is -2.26. The lowest BCUT2D eigenvalue weighted by atomic mass is 10.2. The summed E-state index contributed by atoms with van der Waals surface area (Å²) in [6.07, 6.45) is 10.0. The van der Waals surface area contributed by atoms with Crippen LogP contribution in [0.15, 0.2) is 18.3 Å². The van der Waals surface area contributed by atoms with Gasteiger partial charge in [-0.05, 0) is 44.9 Å². The van der Waals surface area contributed by atoms with E-state index < -0.39 is 0 Å². The summed E-state index contributed by atoms with van der Waals surface area (Å²) in [6.45, 7) is 3.83. The molecule has 1 aliphatic rings. The largest absolute Gasteiger partial charge is 0.359 e. The van der Waals surface area contributed by atoms with Gasteiger partial charge in [0.15, 0.2) is 0 Å². The fraction of sp³-hybridized carbons (Fsp3) is 0.533. The molecule has 1 aliphatic carbocycles. The van der Waals surface area contributed by atoms with Gasteiger partial charge in [0.05, 0.1) is 24.1 Å². The minimum absolute atomic E-state index is 0.281. The monoisotopic (exact) mass is 243 g/mol. The van der Waals surface area contributed by atoms with Gasteiger partial charge >= 0.3 is 0 Å². The molecule has 1 unspecified atom stereocenters. The second-order valence-corrected chi connectivity index (χ2v) is 4.98. The van der Waals surface area contributed by atoms with Crippen LogP contribution in [-0.4, -0.2) is 25.1 Å². The minimum Gasteiger partial charge on any atom is -0.359 e. The van der Waals surface area contributed by atoms with Crippen molar-refractivity contribution in [3.8, 4) is 12.3 Å². The van der Waals surface area contributed by atoms with Crippen molar-refractivity contribution < 1.29 is 0 Å². The Bertz CT molecular complexity index is 414. The van der Waals surface area contributed by atoms with Crippen molar-refractivity contribution in [3.63, 3.8) is 0 Å². The number of nitrogens with zero attached hydrogens (tertiary/aromatic N) is 2. The van der Waals surface area contributed by atoms with Gasteiger partial charge in [0.1, 0.15) is 0 Å². The van der Waals surface area contributed by atoms with Crippen molar-refractivity contribution in [2.24, 2.45) is 5.92 Å². The highest BCUT2D eigenvalue weighted by Crippen LogP contribution is 2.31. The van der Waals surface area contributed by atoms with Crippen molar-refractivity contribution >= 4 is 5.69 Å². The highest BCUT2D eigenvalue weighted by Gasteiger charge is 2.24. The summed E-state index contributed by atoms with van der Waals surface area (Å²) in [5.41, 5.74) is 2.19. The van der Waals surface area contributed by atoms with Crippen molar-refractivity contribution in [3.05, 3.63) is 24.0 Å². The van der Waals surface area contributed by atoms with Gasteiger partial charge in [0.25, 0.3) is 0 Å². The predicted molar refractivity (Wildman–Crippen MR) is 75.5 cm³/mol. The highest BCUT2D eigenvalue weighted by atomic mass is 15.1. The molecule has 0 bridgehead atoms. The molecule has 1 N–H and O–H groups in total. The first kappa shape index (κ1) is 12.9. The van der Waals surface area contributed by atoms with Gasteiger partial charge in [-0.1, -0.05) is 5.92 Å². The summed E-state index contributed by atoms with van der Waals surface area (Å²) in [5, 5.41) is 3.19. The molecule has 3 nitrogen and oxygen atoms in total. The topological polar surface area (TPSA) is 28.2 Å². The van der Waals surface area contributed by atoms with Crippen LogP contribution in [0.3, 0.4) is 0 Å². The molecule has 0 saturated heterocycles. The summed E-state index contributed by atoms with van der Waals surface area (Å²) in [6, 6.07) is 4.48. The first-order valence-corrected chi connectivity index (χ1v) is 6.56. The Labute approximate surface area is 110 Å². The second kappa shape index (κ2) is 5.88. The normalized spacial score (nSPS) is 16.1. The van der Waals surface area contributed by atoms with E-state index in [2.05, 4.69) is 40.2 Å². The fourth-order valence-electron chi connectivity index (χ4n) is 1.97. The van der Waals surface area contributed by atoms with E-state index in [0.29, 0.717) is 6.54 Å². The van der Waals surface area contributed by atoms with Gasteiger partial charge < -0.3 is 10.2 Å². The molecule has 1 fully saturated rings. The highest BCUT2D eigenvalue weighted by molar-refractivity contribution is 5.46. The van der Waals surface area contributed by atoms with E-state index in [1.54, 1.807) is 0 Å². The summed E-state index contributed by atoms with van der Waals surface area (Å²) >= 11 is 0. The Morgan fingerprint density at radius 1 is 1.56 bits per heavy atom. The maximum Gasteiger partial charge on any atom is 0.0792 e. The number of nitrogens with one attached hydrogen (secondary N) is 1. The molecule has 1 atom stereocenters. The van der Waals surface area contributed by atoms with E-state index in [0.717, 1.165) is 23.8 Å². The van der Waals surface area contributed by atoms with Crippen LogP contribution in [-0.2, 0) is 0 Å². The van der Waals surface area contributed by atoms with Crippen LogP contribution in [0.2, 0.25) is 0 Å². The molecule has 2 rings (SSSR count). The van der Waals surface area contributed by atoms with Crippen LogP contribution in [0, 0.1) is 18.3 Å². The molecule has 0 amide bonds. The number of terminal acetylenes is 1. The Kier molecular flexibility index (Phi) is 4.22. The number of hydrogen-bond donors (Lipinski definition) is 1. The van der Waals surface area contributed by atoms with E-state index in [9.17, 15) is 0 Å². The molecule has 1 heterocycles. The van der Waals surface area contributed by atoms with Gasteiger partial charge in [-0.15, -0.1) is 6.42 Å². The third-order valence-corrected chi connectivity index (χ3v) is 3.47. The van der Waals surface area contributed by atoms with Crippen LogP contribution >= 0.6 is 0 Å². The van der Waals surface area contributed by atoms with E-state index >= 15 is 0 Å². The van der Waals surface area contributed by atoms with Crippen molar-refractivity contribution in [1.29, 1.82) is 0 Å². The predicted octanol–water partition coefficient (Wildman–Crippen LogP) is 2.21. The number of anilines is 1. The summed E-state index contributed by atoms with van der Waals surface area (Å²) in [5.74, 6) is 3.56. The van der Waals surface area contributed by atoms with Gasteiger partial charge in [-0.3, -0.25) is 4.98 Å². The first-order chi connectivity index (χ1) is 8.74. The number of pyridine rings is 1. The Morgan fingerprint density at radius 2 is 2.33 bits per heavy atom. The van der Waals surface area contributed by atoms with E-state index in [4.69, 9.17) is 6.42 Å². The average molecular weight is 243 g/mol.